The molecule has 0 unspecified atom stereocenters. The zero-order valence-electron chi connectivity index (χ0n) is 14.9. The molecule has 0 spiro atoms. The molecule has 2 heterocycles. The van der Waals surface area contributed by atoms with Gasteiger partial charge in [-0.3, -0.25) is 9.59 Å². The van der Waals surface area contributed by atoms with Crippen molar-refractivity contribution in [2.45, 2.75) is 19.8 Å². The van der Waals surface area contributed by atoms with Gasteiger partial charge in [0.2, 0.25) is 5.91 Å². The van der Waals surface area contributed by atoms with Crippen LogP contribution in [-0.2, 0) is 9.59 Å². The van der Waals surface area contributed by atoms with E-state index in [1.165, 1.54) is 6.33 Å². The Morgan fingerprint density at radius 3 is 2.63 bits per heavy atom. The van der Waals surface area contributed by atoms with Crippen LogP contribution in [0.4, 0.5) is 5.82 Å². The first-order valence-electron chi connectivity index (χ1n) is 8.58. The lowest BCUT2D eigenvalue weighted by Crippen LogP contribution is -2.27. The Morgan fingerprint density at radius 2 is 1.89 bits per heavy atom. The lowest BCUT2D eigenvalue weighted by molar-refractivity contribution is -0.136. The zero-order valence-corrected chi connectivity index (χ0v) is 15.7. The standard InChI is InChI=1S/C19H20N4O3S/c1-12-16(13-5-3-2-4-6-13)17-18(22-11-23-19(17)27-12)21-9-7-14(24)20-10-8-15(25)26/h2-6,11H,7-10H2,1H3,(H,20,24)(H,25,26)(H,21,22,23). The normalized spacial score (nSPS) is 10.7. The number of benzene rings is 1. The first-order valence-corrected chi connectivity index (χ1v) is 9.40. The van der Waals surface area contributed by atoms with Crippen molar-refractivity contribution in [3.63, 3.8) is 0 Å². The molecule has 7 nitrogen and oxygen atoms in total. The van der Waals surface area contributed by atoms with Crippen molar-refractivity contribution < 1.29 is 14.7 Å². The van der Waals surface area contributed by atoms with E-state index in [0.717, 1.165) is 26.2 Å². The minimum atomic E-state index is -0.932. The van der Waals surface area contributed by atoms with E-state index in [1.54, 1.807) is 11.3 Å². The highest BCUT2D eigenvalue weighted by Gasteiger charge is 2.16. The number of aryl methyl sites for hydroxylation is 1. The fourth-order valence-electron chi connectivity index (χ4n) is 2.82. The molecule has 1 amide bonds. The Kier molecular flexibility index (Phi) is 5.97. The number of carbonyl (C=O) groups excluding carboxylic acids is 1. The second-order valence-corrected chi connectivity index (χ2v) is 7.18. The molecule has 3 rings (SSSR count). The summed E-state index contributed by atoms with van der Waals surface area (Å²) in [6.45, 7) is 2.59. The summed E-state index contributed by atoms with van der Waals surface area (Å²) in [7, 11) is 0. The van der Waals surface area contributed by atoms with Crippen LogP contribution in [-0.4, -0.2) is 40.0 Å². The molecule has 0 aliphatic rings. The van der Waals surface area contributed by atoms with E-state index in [0.29, 0.717) is 12.4 Å². The number of thiophene rings is 1. The van der Waals surface area contributed by atoms with E-state index in [1.807, 2.05) is 18.2 Å². The molecule has 27 heavy (non-hydrogen) atoms. The molecule has 3 N–H and O–H groups in total. The highest BCUT2D eigenvalue weighted by molar-refractivity contribution is 7.19. The number of aliphatic carboxylic acids is 1. The number of carboxylic acids is 1. The Morgan fingerprint density at radius 1 is 1.11 bits per heavy atom. The molecular weight excluding hydrogens is 364 g/mol. The summed E-state index contributed by atoms with van der Waals surface area (Å²) >= 11 is 1.62. The predicted octanol–water partition coefficient (Wildman–Crippen LogP) is 3.06. The van der Waals surface area contributed by atoms with E-state index in [-0.39, 0.29) is 25.3 Å². The summed E-state index contributed by atoms with van der Waals surface area (Å²) in [6.07, 6.45) is 1.66. The van der Waals surface area contributed by atoms with Crippen LogP contribution in [0.2, 0.25) is 0 Å². The Hall–Kier alpha value is -3.00. The van der Waals surface area contributed by atoms with Crippen LogP contribution in [0.3, 0.4) is 0 Å². The number of anilines is 1. The average Bonchev–Trinajstić information content (AvgIpc) is 2.99. The minimum Gasteiger partial charge on any atom is -0.481 e. The number of hydrogen-bond donors (Lipinski definition) is 3. The van der Waals surface area contributed by atoms with Crippen LogP contribution < -0.4 is 10.6 Å². The molecule has 2 aromatic heterocycles. The second-order valence-electron chi connectivity index (χ2n) is 5.97. The van der Waals surface area contributed by atoms with Crippen molar-refractivity contribution in [1.82, 2.24) is 15.3 Å². The lowest BCUT2D eigenvalue weighted by Gasteiger charge is -2.09. The van der Waals surface area contributed by atoms with Crippen molar-refractivity contribution >= 4 is 39.2 Å². The maximum absolute atomic E-state index is 11.8. The molecule has 140 valence electrons. The number of carboxylic acid groups (broad SMARTS) is 1. The molecule has 0 bridgehead atoms. The fourth-order valence-corrected chi connectivity index (χ4v) is 3.83. The second kappa shape index (κ2) is 8.59. The highest BCUT2D eigenvalue weighted by Crippen LogP contribution is 2.40. The Labute approximate surface area is 160 Å². The topological polar surface area (TPSA) is 104 Å². The summed E-state index contributed by atoms with van der Waals surface area (Å²) in [6, 6.07) is 10.1. The Bertz CT molecular complexity index is 956. The predicted molar refractivity (Wildman–Crippen MR) is 106 cm³/mol. The van der Waals surface area contributed by atoms with Crippen molar-refractivity contribution in [2.24, 2.45) is 0 Å². The van der Waals surface area contributed by atoms with Gasteiger partial charge >= 0.3 is 5.97 Å². The number of fused-ring (bicyclic) bond motifs is 1. The summed E-state index contributed by atoms with van der Waals surface area (Å²) in [4.78, 5) is 33.1. The number of amides is 1. The minimum absolute atomic E-state index is 0.0830. The maximum atomic E-state index is 11.8. The molecule has 0 saturated carbocycles. The van der Waals surface area contributed by atoms with Crippen LogP contribution in [0.25, 0.3) is 21.3 Å². The number of hydrogen-bond acceptors (Lipinski definition) is 6. The first-order chi connectivity index (χ1) is 13.1. The summed E-state index contributed by atoms with van der Waals surface area (Å²) in [5.41, 5.74) is 2.20. The van der Waals surface area contributed by atoms with E-state index in [2.05, 4.69) is 39.7 Å². The SMILES string of the molecule is Cc1sc2ncnc(NCCC(=O)NCCC(=O)O)c2c1-c1ccccc1. The van der Waals surface area contributed by atoms with Crippen molar-refractivity contribution in [1.29, 1.82) is 0 Å². The van der Waals surface area contributed by atoms with Crippen LogP contribution in [0.15, 0.2) is 36.7 Å². The van der Waals surface area contributed by atoms with Crippen LogP contribution in [0.5, 0.6) is 0 Å². The number of carbonyl (C=O) groups is 2. The van der Waals surface area contributed by atoms with Crippen LogP contribution >= 0.6 is 11.3 Å². The van der Waals surface area contributed by atoms with Gasteiger partial charge in [0.1, 0.15) is 17.0 Å². The molecule has 0 radical (unpaired) electrons. The third kappa shape index (κ3) is 4.59. The maximum Gasteiger partial charge on any atom is 0.305 e. The molecule has 0 saturated heterocycles. The van der Waals surface area contributed by atoms with Crippen LogP contribution in [0, 0.1) is 6.92 Å². The molecule has 8 heteroatoms. The summed E-state index contributed by atoms with van der Waals surface area (Å²) < 4.78 is 0. The molecule has 1 aromatic carbocycles. The molecule has 0 atom stereocenters. The van der Waals surface area contributed by atoms with Crippen molar-refractivity contribution in [3.05, 3.63) is 41.5 Å². The summed E-state index contributed by atoms with van der Waals surface area (Å²) in [5.74, 6) is -0.432. The summed E-state index contributed by atoms with van der Waals surface area (Å²) in [5, 5.41) is 15.4. The van der Waals surface area contributed by atoms with Crippen molar-refractivity contribution in [3.8, 4) is 11.1 Å². The van der Waals surface area contributed by atoms with E-state index >= 15 is 0 Å². The van der Waals surface area contributed by atoms with E-state index in [9.17, 15) is 9.59 Å². The quantitative estimate of drug-likeness (QED) is 0.551. The third-order valence-electron chi connectivity index (χ3n) is 4.03. The smallest absolute Gasteiger partial charge is 0.305 e. The van der Waals surface area contributed by atoms with E-state index in [4.69, 9.17) is 5.11 Å². The third-order valence-corrected chi connectivity index (χ3v) is 5.05. The van der Waals surface area contributed by atoms with Gasteiger partial charge in [-0.2, -0.15) is 0 Å². The molecule has 0 fully saturated rings. The van der Waals surface area contributed by atoms with Crippen molar-refractivity contribution in [2.75, 3.05) is 18.4 Å². The monoisotopic (exact) mass is 384 g/mol. The van der Waals surface area contributed by atoms with E-state index < -0.39 is 5.97 Å². The van der Waals surface area contributed by atoms with Gasteiger partial charge in [-0.25, -0.2) is 9.97 Å². The fraction of sp³-hybridized carbons (Fsp3) is 0.263. The number of rotatable bonds is 8. The largest absolute Gasteiger partial charge is 0.481 e. The average molecular weight is 384 g/mol. The van der Waals surface area contributed by atoms with Gasteiger partial charge in [-0.15, -0.1) is 11.3 Å². The van der Waals surface area contributed by atoms with Gasteiger partial charge in [0, 0.05) is 30.0 Å². The van der Waals surface area contributed by atoms with Crippen LogP contribution in [0.1, 0.15) is 17.7 Å². The van der Waals surface area contributed by atoms with Gasteiger partial charge in [0.05, 0.1) is 11.8 Å². The Balaban J connectivity index is 1.74. The highest BCUT2D eigenvalue weighted by atomic mass is 32.1. The van der Waals surface area contributed by atoms with Gasteiger partial charge in [-0.05, 0) is 12.5 Å². The number of aromatic nitrogens is 2. The number of nitrogens with zero attached hydrogens (tertiary/aromatic N) is 2. The first kappa shape index (κ1) is 18.8. The molecule has 3 aromatic rings. The molecular formula is C19H20N4O3S. The van der Waals surface area contributed by atoms with Gasteiger partial charge in [0.15, 0.2) is 0 Å². The van der Waals surface area contributed by atoms with Gasteiger partial charge < -0.3 is 15.7 Å². The molecule has 0 aliphatic heterocycles. The molecule has 0 aliphatic carbocycles. The van der Waals surface area contributed by atoms with Gasteiger partial charge in [-0.1, -0.05) is 30.3 Å². The number of nitrogens with one attached hydrogen (secondary N) is 2. The lowest BCUT2D eigenvalue weighted by atomic mass is 10.0. The zero-order chi connectivity index (χ0) is 19.2. The van der Waals surface area contributed by atoms with Gasteiger partial charge in [0.25, 0.3) is 0 Å².